The predicted molar refractivity (Wildman–Crippen MR) is 81.0 cm³/mol. The first-order chi connectivity index (χ1) is 10.8. The summed E-state index contributed by atoms with van der Waals surface area (Å²) >= 11 is 0. The molecular weight excluding hydrogens is 280 g/mol. The Labute approximate surface area is 129 Å². The van der Waals surface area contributed by atoms with E-state index in [0.29, 0.717) is 26.3 Å². The van der Waals surface area contributed by atoms with Crippen molar-refractivity contribution in [3.05, 3.63) is 60.7 Å². The van der Waals surface area contributed by atoms with E-state index in [1.807, 2.05) is 35.0 Å². The Bertz CT molecular complexity index is 653. The van der Waals surface area contributed by atoms with Crippen molar-refractivity contribution in [3.8, 4) is 0 Å². The maximum absolute atomic E-state index is 12.0. The van der Waals surface area contributed by atoms with Gasteiger partial charge in [0.1, 0.15) is 12.4 Å². The fraction of sp³-hybridized carbons (Fsp3) is 0.312. The molecule has 1 fully saturated rings. The van der Waals surface area contributed by atoms with Crippen LogP contribution in [0, 0.1) is 0 Å². The number of aromatic nitrogens is 3. The minimum absolute atomic E-state index is 0.109. The van der Waals surface area contributed by atoms with Crippen LogP contribution in [0.4, 0.5) is 0 Å². The van der Waals surface area contributed by atoms with Gasteiger partial charge in [0, 0.05) is 6.54 Å². The molecule has 0 N–H and O–H groups in total. The van der Waals surface area contributed by atoms with Crippen molar-refractivity contribution in [2.24, 2.45) is 0 Å². The summed E-state index contributed by atoms with van der Waals surface area (Å²) < 4.78 is 7.34. The number of ether oxygens (including phenoxy) is 1. The van der Waals surface area contributed by atoms with Crippen molar-refractivity contribution in [1.29, 1.82) is 0 Å². The first-order valence-electron chi connectivity index (χ1n) is 7.22. The Morgan fingerprint density at radius 1 is 1.41 bits per heavy atom. The number of rotatable bonds is 4. The fourth-order valence-corrected chi connectivity index (χ4v) is 2.61. The quantitative estimate of drug-likeness (QED) is 0.801. The normalized spacial score (nSPS) is 18.2. The Morgan fingerprint density at radius 3 is 3.00 bits per heavy atom. The standard InChI is InChI=1S/C16H18N4O2/c1-2-15(21)19-8-9-22-11-14(19)16-17-12-18-20(16)10-13-6-4-3-5-7-13/h2-7,12,14H,1,8-11H2. The molecule has 2 heterocycles. The van der Waals surface area contributed by atoms with Crippen LogP contribution in [-0.2, 0) is 16.1 Å². The second-order valence-electron chi connectivity index (χ2n) is 5.09. The van der Waals surface area contributed by atoms with Crippen LogP contribution in [-0.4, -0.2) is 45.3 Å². The van der Waals surface area contributed by atoms with Gasteiger partial charge in [0.2, 0.25) is 5.91 Å². The molecule has 1 saturated heterocycles. The summed E-state index contributed by atoms with van der Waals surface area (Å²) in [4.78, 5) is 18.1. The first-order valence-corrected chi connectivity index (χ1v) is 7.22. The van der Waals surface area contributed by atoms with Gasteiger partial charge < -0.3 is 9.64 Å². The summed E-state index contributed by atoms with van der Waals surface area (Å²) in [5.74, 6) is 0.626. The molecule has 1 aliphatic heterocycles. The third kappa shape index (κ3) is 2.92. The van der Waals surface area contributed by atoms with E-state index in [1.165, 1.54) is 12.4 Å². The molecule has 0 aliphatic carbocycles. The molecular formula is C16H18N4O2. The Balaban J connectivity index is 1.86. The zero-order valence-corrected chi connectivity index (χ0v) is 12.3. The minimum Gasteiger partial charge on any atom is -0.377 e. The fourth-order valence-electron chi connectivity index (χ4n) is 2.61. The van der Waals surface area contributed by atoms with Crippen LogP contribution in [0.25, 0.3) is 0 Å². The maximum Gasteiger partial charge on any atom is 0.246 e. The number of carbonyl (C=O) groups excluding carboxylic acids is 1. The topological polar surface area (TPSA) is 60.3 Å². The van der Waals surface area contributed by atoms with E-state index in [9.17, 15) is 4.79 Å². The highest BCUT2D eigenvalue weighted by molar-refractivity contribution is 5.87. The molecule has 3 rings (SSSR count). The average Bonchev–Trinajstić information content (AvgIpc) is 3.03. The van der Waals surface area contributed by atoms with Crippen LogP contribution in [0.1, 0.15) is 17.4 Å². The second kappa shape index (κ2) is 6.53. The molecule has 114 valence electrons. The van der Waals surface area contributed by atoms with E-state index >= 15 is 0 Å². The zero-order valence-electron chi connectivity index (χ0n) is 12.3. The number of amides is 1. The van der Waals surface area contributed by atoms with E-state index in [-0.39, 0.29) is 11.9 Å². The third-order valence-corrected chi connectivity index (χ3v) is 3.70. The average molecular weight is 298 g/mol. The molecule has 1 aromatic heterocycles. The lowest BCUT2D eigenvalue weighted by atomic mass is 10.2. The van der Waals surface area contributed by atoms with Crippen LogP contribution >= 0.6 is 0 Å². The minimum atomic E-state index is -0.231. The lowest BCUT2D eigenvalue weighted by molar-refractivity contribution is -0.135. The van der Waals surface area contributed by atoms with Gasteiger partial charge in [0.25, 0.3) is 0 Å². The number of carbonyl (C=O) groups is 1. The van der Waals surface area contributed by atoms with E-state index in [1.54, 1.807) is 4.90 Å². The molecule has 0 saturated carbocycles. The lowest BCUT2D eigenvalue weighted by Crippen LogP contribution is -2.43. The van der Waals surface area contributed by atoms with E-state index in [4.69, 9.17) is 4.74 Å². The highest BCUT2D eigenvalue weighted by Crippen LogP contribution is 2.23. The molecule has 1 amide bonds. The Hall–Kier alpha value is -2.47. The van der Waals surface area contributed by atoms with Gasteiger partial charge in [-0.05, 0) is 11.6 Å². The van der Waals surface area contributed by atoms with Crippen molar-refractivity contribution >= 4 is 5.91 Å². The number of nitrogens with zero attached hydrogens (tertiary/aromatic N) is 4. The van der Waals surface area contributed by atoms with Crippen LogP contribution in [0.5, 0.6) is 0 Å². The van der Waals surface area contributed by atoms with Gasteiger partial charge in [-0.2, -0.15) is 5.10 Å². The third-order valence-electron chi connectivity index (χ3n) is 3.70. The van der Waals surface area contributed by atoms with Crippen molar-refractivity contribution in [3.63, 3.8) is 0 Å². The summed E-state index contributed by atoms with van der Waals surface area (Å²) in [5, 5.41) is 4.29. The molecule has 1 unspecified atom stereocenters. The highest BCUT2D eigenvalue weighted by Gasteiger charge is 2.30. The van der Waals surface area contributed by atoms with Crippen molar-refractivity contribution < 1.29 is 9.53 Å². The molecule has 22 heavy (non-hydrogen) atoms. The molecule has 1 aliphatic rings. The summed E-state index contributed by atoms with van der Waals surface area (Å²) in [6.45, 7) is 5.67. The molecule has 2 aromatic rings. The molecule has 6 heteroatoms. The smallest absolute Gasteiger partial charge is 0.246 e. The summed E-state index contributed by atoms with van der Waals surface area (Å²) in [5.41, 5.74) is 1.13. The second-order valence-corrected chi connectivity index (χ2v) is 5.09. The van der Waals surface area contributed by atoms with Gasteiger partial charge >= 0.3 is 0 Å². The predicted octanol–water partition coefficient (Wildman–Crippen LogP) is 1.41. The zero-order chi connectivity index (χ0) is 15.4. The van der Waals surface area contributed by atoms with Gasteiger partial charge in [-0.25, -0.2) is 9.67 Å². The van der Waals surface area contributed by atoms with E-state index in [0.717, 1.165) is 11.4 Å². The van der Waals surface area contributed by atoms with E-state index < -0.39 is 0 Å². The van der Waals surface area contributed by atoms with Crippen molar-refractivity contribution in [2.45, 2.75) is 12.6 Å². The van der Waals surface area contributed by atoms with Gasteiger partial charge in [0.05, 0.1) is 19.8 Å². The number of morpholine rings is 1. The molecule has 1 atom stereocenters. The Morgan fingerprint density at radius 2 is 2.23 bits per heavy atom. The number of hydrogen-bond acceptors (Lipinski definition) is 4. The monoisotopic (exact) mass is 298 g/mol. The Kier molecular flexibility index (Phi) is 4.29. The van der Waals surface area contributed by atoms with Crippen LogP contribution in [0.15, 0.2) is 49.3 Å². The van der Waals surface area contributed by atoms with Gasteiger partial charge in [-0.3, -0.25) is 4.79 Å². The number of benzene rings is 1. The number of hydrogen-bond donors (Lipinski definition) is 0. The first kappa shape index (κ1) is 14.5. The molecule has 1 aromatic carbocycles. The largest absolute Gasteiger partial charge is 0.377 e. The summed E-state index contributed by atoms with van der Waals surface area (Å²) in [6.07, 6.45) is 2.85. The summed E-state index contributed by atoms with van der Waals surface area (Å²) in [7, 11) is 0. The SMILES string of the molecule is C=CC(=O)N1CCOCC1c1ncnn1Cc1ccccc1. The van der Waals surface area contributed by atoms with Crippen LogP contribution < -0.4 is 0 Å². The van der Waals surface area contributed by atoms with E-state index in [2.05, 4.69) is 16.7 Å². The van der Waals surface area contributed by atoms with Crippen molar-refractivity contribution in [2.75, 3.05) is 19.8 Å². The van der Waals surface area contributed by atoms with Crippen LogP contribution in [0.2, 0.25) is 0 Å². The lowest BCUT2D eigenvalue weighted by Gasteiger charge is -2.34. The summed E-state index contributed by atoms with van der Waals surface area (Å²) in [6, 6.07) is 9.80. The van der Waals surface area contributed by atoms with Crippen LogP contribution in [0.3, 0.4) is 0 Å². The molecule has 0 radical (unpaired) electrons. The maximum atomic E-state index is 12.0. The molecule has 6 nitrogen and oxygen atoms in total. The molecule has 0 bridgehead atoms. The van der Waals surface area contributed by atoms with Gasteiger partial charge in [-0.1, -0.05) is 36.9 Å². The van der Waals surface area contributed by atoms with Gasteiger partial charge in [-0.15, -0.1) is 0 Å². The highest BCUT2D eigenvalue weighted by atomic mass is 16.5. The molecule has 0 spiro atoms. The van der Waals surface area contributed by atoms with Crippen molar-refractivity contribution in [1.82, 2.24) is 19.7 Å². The van der Waals surface area contributed by atoms with Gasteiger partial charge in [0.15, 0.2) is 5.82 Å².